The first-order chi connectivity index (χ1) is 16.8. The molecule has 0 unspecified atom stereocenters. The van der Waals surface area contributed by atoms with Crippen LogP contribution in [0.25, 0.3) is 22.1 Å². The topological polar surface area (TPSA) is 25.2 Å². The lowest BCUT2D eigenvalue weighted by atomic mass is 9.63. The Morgan fingerprint density at radius 1 is 0.839 bits per heavy atom. The van der Waals surface area contributed by atoms with Crippen LogP contribution in [-0.4, -0.2) is 0 Å². The summed E-state index contributed by atoms with van der Waals surface area (Å²) in [5.74, 6) is 0. The Hall–Kier alpha value is -3.00. The summed E-state index contributed by atoms with van der Waals surface area (Å²) in [6.07, 6.45) is 3.96. The SMILES string of the molecule is [2H]c1c([2H])c([2H])c(-c2ccc3occ(Nc4cc5c(cc4C)C(C)(C)CCC5(C)C)c3c2)c([2H])c1[2H]. The first-order valence-corrected chi connectivity index (χ1v) is 10.8. The third-order valence-electron chi connectivity index (χ3n) is 6.83. The number of furan rings is 1. The van der Waals surface area contributed by atoms with E-state index in [0.29, 0.717) is 11.1 Å². The van der Waals surface area contributed by atoms with Gasteiger partial charge in [0, 0.05) is 11.1 Å². The fourth-order valence-corrected chi connectivity index (χ4v) is 4.68. The maximum absolute atomic E-state index is 8.35. The summed E-state index contributed by atoms with van der Waals surface area (Å²) < 4.78 is 46.4. The number of nitrogens with one attached hydrogen (secondary N) is 1. The standard InChI is InChI=1S/C29H31NO/c1-19-15-23-24(29(4,5)14-13-28(23,2)3)17-25(19)30-26-18-31-27-12-11-21(16-22(26)27)20-9-7-6-8-10-20/h6-12,15-18,30H,13-14H2,1-5H3/i6D,7D,8D,9D,10D. The van der Waals surface area contributed by atoms with Gasteiger partial charge < -0.3 is 9.73 Å². The van der Waals surface area contributed by atoms with Crippen molar-refractivity contribution in [1.82, 2.24) is 0 Å². The van der Waals surface area contributed by atoms with E-state index in [-0.39, 0.29) is 40.6 Å². The van der Waals surface area contributed by atoms with Crippen LogP contribution in [0.2, 0.25) is 0 Å². The average Bonchev–Trinajstić information content (AvgIpc) is 3.22. The number of rotatable bonds is 3. The molecular formula is C29H31NO. The molecule has 0 atom stereocenters. The first-order valence-electron chi connectivity index (χ1n) is 13.3. The lowest BCUT2D eigenvalue weighted by molar-refractivity contribution is 0.332. The highest BCUT2D eigenvalue weighted by Gasteiger charge is 2.37. The molecule has 1 aliphatic carbocycles. The van der Waals surface area contributed by atoms with Crippen LogP contribution in [0.5, 0.6) is 0 Å². The minimum atomic E-state index is -0.394. The summed E-state index contributed by atoms with van der Waals surface area (Å²) in [5, 5.41) is 4.35. The summed E-state index contributed by atoms with van der Waals surface area (Å²) >= 11 is 0. The average molecular weight is 415 g/mol. The zero-order valence-corrected chi connectivity index (χ0v) is 18.8. The van der Waals surface area contributed by atoms with Crippen LogP contribution < -0.4 is 5.32 Å². The zero-order valence-electron chi connectivity index (χ0n) is 23.8. The van der Waals surface area contributed by atoms with Crippen molar-refractivity contribution in [2.75, 3.05) is 5.32 Å². The summed E-state index contributed by atoms with van der Waals surface area (Å²) in [4.78, 5) is 0. The molecule has 158 valence electrons. The lowest BCUT2D eigenvalue weighted by Gasteiger charge is -2.42. The molecule has 0 aliphatic heterocycles. The Labute approximate surface area is 192 Å². The van der Waals surface area contributed by atoms with Crippen LogP contribution in [0.15, 0.2) is 71.2 Å². The monoisotopic (exact) mass is 414 g/mol. The van der Waals surface area contributed by atoms with Gasteiger partial charge in [0.1, 0.15) is 11.8 Å². The molecule has 5 rings (SSSR count). The van der Waals surface area contributed by atoms with Crippen molar-refractivity contribution in [2.24, 2.45) is 0 Å². The van der Waals surface area contributed by atoms with Gasteiger partial charge in [-0.2, -0.15) is 0 Å². The molecule has 0 amide bonds. The molecule has 0 spiro atoms. The van der Waals surface area contributed by atoms with Gasteiger partial charge in [-0.3, -0.25) is 0 Å². The molecule has 1 N–H and O–H groups in total. The number of aryl methyl sites for hydroxylation is 1. The van der Waals surface area contributed by atoms with Crippen LogP contribution >= 0.6 is 0 Å². The zero-order chi connectivity index (χ0) is 26.2. The first kappa shape index (κ1) is 14.9. The molecule has 1 aliphatic rings. The Kier molecular flexibility index (Phi) is 3.38. The lowest BCUT2D eigenvalue weighted by Crippen LogP contribution is -2.34. The van der Waals surface area contributed by atoms with Crippen molar-refractivity contribution in [3.05, 3.63) is 83.5 Å². The quantitative estimate of drug-likeness (QED) is 0.363. The van der Waals surface area contributed by atoms with E-state index in [1.807, 2.05) is 6.07 Å². The number of anilines is 2. The highest BCUT2D eigenvalue weighted by Crippen LogP contribution is 2.47. The van der Waals surface area contributed by atoms with E-state index in [1.165, 1.54) is 11.1 Å². The van der Waals surface area contributed by atoms with Gasteiger partial charge in [0.05, 0.1) is 12.5 Å². The van der Waals surface area contributed by atoms with E-state index in [1.54, 1.807) is 18.4 Å². The summed E-state index contributed by atoms with van der Waals surface area (Å²) in [6, 6.07) is 8.41. The van der Waals surface area contributed by atoms with Gasteiger partial charge in [-0.25, -0.2) is 0 Å². The van der Waals surface area contributed by atoms with Crippen molar-refractivity contribution in [1.29, 1.82) is 0 Å². The molecule has 0 saturated carbocycles. The van der Waals surface area contributed by atoms with Gasteiger partial charge in [0.2, 0.25) is 0 Å². The smallest absolute Gasteiger partial charge is 0.136 e. The number of hydrogen-bond donors (Lipinski definition) is 1. The molecule has 31 heavy (non-hydrogen) atoms. The maximum Gasteiger partial charge on any atom is 0.136 e. The normalized spacial score (nSPS) is 19.1. The van der Waals surface area contributed by atoms with Gasteiger partial charge in [-0.1, -0.05) is 70.0 Å². The molecule has 0 saturated heterocycles. The van der Waals surface area contributed by atoms with E-state index >= 15 is 0 Å². The molecule has 0 fully saturated rings. The highest BCUT2D eigenvalue weighted by molar-refractivity contribution is 5.95. The van der Waals surface area contributed by atoms with Crippen molar-refractivity contribution in [2.45, 2.75) is 58.3 Å². The second-order valence-electron chi connectivity index (χ2n) is 9.97. The van der Waals surface area contributed by atoms with Gasteiger partial charge in [0.25, 0.3) is 0 Å². The molecule has 0 bridgehead atoms. The van der Waals surface area contributed by atoms with Gasteiger partial charge in [-0.05, 0) is 76.6 Å². The van der Waals surface area contributed by atoms with E-state index in [0.717, 1.165) is 35.2 Å². The Bertz CT molecular complexity index is 1500. The Morgan fingerprint density at radius 2 is 1.52 bits per heavy atom. The van der Waals surface area contributed by atoms with Crippen molar-refractivity contribution in [3.8, 4) is 11.1 Å². The van der Waals surface area contributed by atoms with Crippen molar-refractivity contribution in [3.63, 3.8) is 0 Å². The largest absolute Gasteiger partial charge is 0.462 e. The maximum atomic E-state index is 8.35. The van der Waals surface area contributed by atoms with E-state index in [9.17, 15) is 0 Å². The molecule has 2 nitrogen and oxygen atoms in total. The highest BCUT2D eigenvalue weighted by atomic mass is 16.3. The molecule has 2 heteroatoms. The van der Waals surface area contributed by atoms with Crippen LogP contribution in [0.4, 0.5) is 11.4 Å². The summed E-state index contributed by atoms with van der Waals surface area (Å²) in [6.45, 7) is 11.4. The Morgan fingerprint density at radius 3 is 2.23 bits per heavy atom. The minimum Gasteiger partial charge on any atom is -0.462 e. The van der Waals surface area contributed by atoms with Gasteiger partial charge in [-0.15, -0.1) is 0 Å². The third kappa shape index (κ3) is 3.44. The number of hydrogen-bond acceptors (Lipinski definition) is 2. The third-order valence-corrected chi connectivity index (χ3v) is 6.83. The Balaban J connectivity index is 1.61. The molecule has 0 radical (unpaired) electrons. The van der Waals surface area contributed by atoms with Crippen LogP contribution in [0.1, 0.15) is 64.1 Å². The van der Waals surface area contributed by atoms with E-state index in [2.05, 4.69) is 52.1 Å². The molecule has 1 heterocycles. The van der Waals surface area contributed by atoms with Crippen LogP contribution in [0.3, 0.4) is 0 Å². The van der Waals surface area contributed by atoms with Crippen molar-refractivity contribution < 1.29 is 11.3 Å². The minimum absolute atomic E-state index is 0.0849. The van der Waals surface area contributed by atoms with Crippen molar-refractivity contribution >= 4 is 22.3 Å². The predicted octanol–water partition coefficient (Wildman–Crippen LogP) is 8.50. The number of fused-ring (bicyclic) bond motifs is 2. The molecule has 3 aromatic carbocycles. The number of benzene rings is 3. The molecular weight excluding hydrogens is 378 g/mol. The van der Waals surface area contributed by atoms with Crippen LogP contribution in [-0.2, 0) is 10.8 Å². The summed E-state index contributed by atoms with van der Waals surface area (Å²) in [7, 11) is 0. The fraction of sp³-hybridized carbons (Fsp3) is 0.310. The second kappa shape index (κ2) is 7.02. The molecule has 1 aromatic heterocycles. The predicted molar refractivity (Wildman–Crippen MR) is 131 cm³/mol. The van der Waals surface area contributed by atoms with Gasteiger partial charge >= 0.3 is 0 Å². The van der Waals surface area contributed by atoms with E-state index in [4.69, 9.17) is 11.3 Å². The van der Waals surface area contributed by atoms with Gasteiger partial charge in [0.15, 0.2) is 0 Å². The van der Waals surface area contributed by atoms with E-state index < -0.39 is 6.04 Å². The fourth-order valence-electron chi connectivity index (χ4n) is 4.68. The van der Waals surface area contributed by atoms with Crippen LogP contribution in [0, 0.1) is 6.92 Å². The molecule has 4 aromatic rings. The summed E-state index contributed by atoms with van der Waals surface area (Å²) in [5.41, 5.74) is 7.31. The second-order valence-corrected chi connectivity index (χ2v) is 9.97.